The molecule has 0 radical (unpaired) electrons. The summed E-state index contributed by atoms with van der Waals surface area (Å²) in [5, 5.41) is 15.3. The molecule has 3 N–H and O–H groups in total. The maximum atomic E-state index is 12.2. The van der Waals surface area contributed by atoms with E-state index in [1.54, 1.807) is 0 Å². The van der Waals surface area contributed by atoms with Gasteiger partial charge in [0, 0.05) is 18.2 Å². The molecule has 0 atom stereocenters. The van der Waals surface area contributed by atoms with Crippen LogP contribution < -0.4 is 10.6 Å². The van der Waals surface area contributed by atoms with Crippen LogP contribution in [-0.4, -0.2) is 41.1 Å². The zero-order valence-electron chi connectivity index (χ0n) is 17.0. The summed E-state index contributed by atoms with van der Waals surface area (Å²) in [5.41, 5.74) is -0.153. The molecule has 0 aromatic heterocycles. The highest BCUT2D eigenvalue weighted by atomic mass is 16.6. The van der Waals surface area contributed by atoms with Crippen LogP contribution in [0.3, 0.4) is 0 Å². The highest BCUT2D eigenvalue weighted by Gasteiger charge is 2.37. The number of hydrogen-bond acceptors (Lipinski definition) is 5. The Kier molecular flexibility index (Phi) is 7.69. The number of alkyl carbamates (subject to hydrolysis) is 2. The minimum absolute atomic E-state index is 0.0180. The molecule has 7 nitrogen and oxygen atoms in total. The molecule has 1 aromatic carbocycles. The van der Waals surface area contributed by atoms with E-state index in [1.807, 2.05) is 51.1 Å². The average Bonchev–Trinajstić information content (AvgIpc) is 2.61. The van der Waals surface area contributed by atoms with Gasteiger partial charge in [-0.3, -0.25) is 0 Å². The van der Waals surface area contributed by atoms with E-state index in [0.29, 0.717) is 32.1 Å². The number of aliphatic hydroxyl groups is 1. The Balaban J connectivity index is 1.81. The Morgan fingerprint density at radius 1 is 1.14 bits per heavy atom. The summed E-state index contributed by atoms with van der Waals surface area (Å²) < 4.78 is 10.6. The maximum Gasteiger partial charge on any atom is 0.408 e. The fraction of sp³-hybridized carbons (Fsp3) is 0.619. The van der Waals surface area contributed by atoms with Gasteiger partial charge >= 0.3 is 12.2 Å². The third kappa shape index (κ3) is 7.38. The predicted octanol–water partition coefficient (Wildman–Crippen LogP) is 3.50. The molecule has 7 heteroatoms. The van der Waals surface area contributed by atoms with Crippen molar-refractivity contribution in [3.8, 4) is 0 Å². The third-order valence-corrected chi connectivity index (χ3v) is 4.83. The Bertz CT molecular complexity index is 634. The van der Waals surface area contributed by atoms with E-state index in [1.165, 1.54) is 0 Å². The molecule has 1 aliphatic carbocycles. The van der Waals surface area contributed by atoms with Crippen LogP contribution in [0.1, 0.15) is 58.4 Å². The van der Waals surface area contributed by atoms with Crippen molar-refractivity contribution in [3.05, 3.63) is 35.9 Å². The first-order valence-corrected chi connectivity index (χ1v) is 9.81. The van der Waals surface area contributed by atoms with Crippen LogP contribution in [0, 0.1) is 0 Å². The molecular weight excluding hydrogens is 360 g/mol. The number of carbonyl (C=O) groups is 2. The average molecular weight is 392 g/mol. The van der Waals surface area contributed by atoms with E-state index in [0.717, 1.165) is 5.56 Å². The summed E-state index contributed by atoms with van der Waals surface area (Å²) in [7, 11) is 0. The standard InChI is InChI=1S/C21H32N2O5/c1-20(2,3)28-19(26)23-21(13-14-24)11-9-17(10-12-21)22-18(25)27-15-16-7-5-4-6-8-16/h4-8,17,24H,9-15H2,1-3H3,(H,22,25)(H,23,26). The summed E-state index contributed by atoms with van der Waals surface area (Å²) in [6.07, 6.45) is 2.22. The van der Waals surface area contributed by atoms with Crippen molar-refractivity contribution in [1.29, 1.82) is 0 Å². The Labute approximate surface area is 166 Å². The quantitative estimate of drug-likeness (QED) is 0.688. The van der Waals surface area contributed by atoms with E-state index < -0.39 is 23.3 Å². The summed E-state index contributed by atoms with van der Waals surface area (Å²) in [5.74, 6) is 0. The number of amides is 2. The summed E-state index contributed by atoms with van der Waals surface area (Å²) >= 11 is 0. The molecular formula is C21H32N2O5. The van der Waals surface area contributed by atoms with Crippen LogP contribution in [0.5, 0.6) is 0 Å². The smallest absolute Gasteiger partial charge is 0.408 e. The van der Waals surface area contributed by atoms with E-state index in [4.69, 9.17) is 9.47 Å². The molecule has 1 aromatic rings. The third-order valence-electron chi connectivity index (χ3n) is 4.83. The van der Waals surface area contributed by atoms with Crippen LogP contribution in [0.25, 0.3) is 0 Å². The normalized spacial score (nSPS) is 22.2. The van der Waals surface area contributed by atoms with E-state index in [-0.39, 0.29) is 19.3 Å². The summed E-state index contributed by atoms with van der Waals surface area (Å²) in [6.45, 7) is 5.65. The van der Waals surface area contributed by atoms with E-state index in [2.05, 4.69) is 10.6 Å². The lowest BCUT2D eigenvalue weighted by molar-refractivity contribution is 0.0383. The molecule has 0 heterocycles. The van der Waals surface area contributed by atoms with Gasteiger partial charge in [0.2, 0.25) is 0 Å². The van der Waals surface area contributed by atoms with Crippen LogP contribution in [0.2, 0.25) is 0 Å². The van der Waals surface area contributed by atoms with Crippen molar-refractivity contribution in [3.63, 3.8) is 0 Å². The number of benzene rings is 1. The van der Waals surface area contributed by atoms with E-state index >= 15 is 0 Å². The van der Waals surface area contributed by atoms with Crippen molar-refractivity contribution < 1.29 is 24.2 Å². The fourth-order valence-electron chi connectivity index (χ4n) is 3.42. The number of rotatable bonds is 6. The van der Waals surface area contributed by atoms with E-state index in [9.17, 15) is 14.7 Å². The second kappa shape index (κ2) is 9.78. The molecule has 1 saturated carbocycles. The molecule has 0 unspecified atom stereocenters. The molecule has 1 fully saturated rings. The van der Waals surface area contributed by atoms with Crippen molar-refractivity contribution in [1.82, 2.24) is 10.6 Å². The van der Waals surface area contributed by atoms with Gasteiger partial charge in [-0.15, -0.1) is 0 Å². The van der Waals surface area contributed by atoms with Crippen molar-refractivity contribution >= 4 is 12.2 Å². The first kappa shape index (κ1) is 22.0. The molecule has 0 bridgehead atoms. The monoisotopic (exact) mass is 392 g/mol. The summed E-state index contributed by atoms with van der Waals surface area (Å²) in [6, 6.07) is 9.50. The number of aliphatic hydroxyl groups excluding tert-OH is 1. The molecule has 0 aliphatic heterocycles. The number of ether oxygens (including phenoxy) is 2. The van der Waals surface area contributed by atoms with Crippen LogP contribution >= 0.6 is 0 Å². The lowest BCUT2D eigenvalue weighted by atomic mass is 9.77. The van der Waals surface area contributed by atoms with Gasteiger partial charge < -0.3 is 25.2 Å². The van der Waals surface area contributed by atoms with Gasteiger partial charge in [0.1, 0.15) is 12.2 Å². The first-order valence-electron chi connectivity index (χ1n) is 9.81. The molecule has 156 valence electrons. The van der Waals surface area contributed by atoms with Gasteiger partial charge in [0.15, 0.2) is 0 Å². The molecule has 0 spiro atoms. The van der Waals surface area contributed by atoms with Crippen molar-refractivity contribution in [2.24, 2.45) is 0 Å². The maximum absolute atomic E-state index is 12.2. The summed E-state index contributed by atoms with van der Waals surface area (Å²) in [4.78, 5) is 24.2. The fourth-order valence-corrected chi connectivity index (χ4v) is 3.42. The second-order valence-corrected chi connectivity index (χ2v) is 8.36. The van der Waals surface area contributed by atoms with Gasteiger partial charge in [-0.1, -0.05) is 30.3 Å². The second-order valence-electron chi connectivity index (χ2n) is 8.36. The van der Waals surface area contributed by atoms with Gasteiger partial charge in [-0.05, 0) is 58.4 Å². The lowest BCUT2D eigenvalue weighted by Gasteiger charge is -2.40. The number of nitrogens with one attached hydrogen (secondary N) is 2. The minimum Gasteiger partial charge on any atom is -0.445 e. The molecule has 1 aliphatic rings. The Morgan fingerprint density at radius 2 is 1.79 bits per heavy atom. The molecule has 28 heavy (non-hydrogen) atoms. The topological polar surface area (TPSA) is 96.9 Å². The lowest BCUT2D eigenvalue weighted by Crippen LogP contribution is -2.54. The van der Waals surface area contributed by atoms with Gasteiger partial charge in [0.25, 0.3) is 0 Å². The highest BCUT2D eigenvalue weighted by molar-refractivity contribution is 5.69. The molecule has 0 saturated heterocycles. The van der Waals surface area contributed by atoms with Crippen molar-refractivity contribution in [2.75, 3.05) is 6.61 Å². The zero-order valence-corrected chi connectivity index (χ0v) is 17.0. The minimum atomic E-state index is -0.578. The number of carbonyl (C=O) groups excluding carboxylic acids is 2. The SMILES string of the molecule is CC(C)(C)OC(=O)NC1(CCO)CCC(NC(=O)OCc2ccccc2)CC1. The van der Waals surface area contributed by atoms with Crippen LogP contribution in [0.15, 0.2) is 30.3 Å². The first-order chi connectivity index (χ1) is 13.2. The number of hydrogen-bond donors (Lipinski definition) is 3. The highest BCUT2D eigenvalue weighted by Crippen LogP contribution is 2.31. The Hall–Kier alpha value is -2.28. The van der Waals surface area contributed by atoms with Crippen molar-refractivity contribution in [2.45, 2.75) is 76.7 Å². The van der Waals surface area contributed by atoms with Crippen LogP contribution in [-0.2, 0) is 16.1 Å². The van der Waals surface area contributed by atoms with Crippen LogP contribution in [0.4, 0.5) is 9.59 Å². The van der Waals surface area contributed by atoms with Gasteiger partial charge in [-0.25, -0.2) is 9.59 Å². The predicted molar refractivity (Wildman–Crippen MR) is 106 cm³/mol. The molecule has 2 amide bonds. The Morgan fingerprint density at radius 3 is 2.36 bits per heavy atom. The molecule has 2 rings (SSSR count). The largest absolute Gasteiger partial charge is 0.445 e. The van der Waals surface area contributed by atoms with Gasteiger partial charge in [0.05, 0.1) is 0 Å². The zero-order chi connectivity index (χ0) is 20.6. The van der Waals surface area contributed by atoms with Gasteiger partial charge in [-0.2, -0.15) is 0 Å².